The zero-order valence-corrected chi connectivity index (χ0v) is 17.3. The van der Waals surface area contributed by atoms with Gasteiger partial charge in [0.2, 0.25) is 0 Å². The lowest BCUT2D eigenvalue weighted by Gasteiger charge is -2.19. The van der Waals surface area contributed by atoms with Crippen LogP contribution in [-0.2, 0) is 0 Å². The van der Waals surface area contributed by atoms with E-state index in [2.05, 4.69) is 15.3 Å². The number of carbonyl (C=O) groups is 1. The van der Waals surface area contributed by atoms with Gasteiger partial charge in [0.1, 0.15) is 11.3 Å². The largest absolute Gasteiger partial charge is 0.476 e. The minimum atomic E-state index is -1.12. The topological polar surface area (TPSA) is 105 Å². The van der Waals surface area contributed by atoms with Crippen LogP contribution in [0.5, 0.6) is 0 Å². The Hall–Kier alpha value is -4.00. The van der Waals surface area contributed by atoms with E-state index in [-0.39, 0.29) is 17.2 Å². The molecule has 3 heterocycles. The summed E-state index contributed by atoms with van der Waals surface area (Å²) in [4.78, 5) is 32.8. The summed E-state index contributed by atoms with van der Waals surface area (Å²) in [7, 11) is 0. The van der Waals surface area contributed by atoms with Crippen molar-refractivity contribution in [2.75, 3.05) is 5.32 Å². The molecule has 0 bridgehead atoms. The van der Waals surface area contributed by atoms with Crippen molar-refractivity contribution in [3.05, 3.63) is 87.6 Å². The summed E-state index contributed by atoms with van der Waals surface area (Å²) in [5, 5.41) is 13.1. The van der Waals surface area contributed by atoms with Crippen molar-refractivity contribution in [3.63, 3.8) is 0 Å². The van der Waals surface area contributed by atoms with Crippen LogP contribution in [-0.4, -0.2) is 21.0 Å². The highest BCUT2D eigenvalue weighted by Gasteiger charge is 2.20. The van der Waals surface area contributed by atoms with E-state index in [1.54, 1.807) is 37.5 Å². The lowest BCUT2D eigenvalue weighted by molar-refractivity contribution is 0.0691. The average Bonchev–Trinajstić information content (AvgIpc) is 2.77. The van der Waals surface area contributed by atoms with Crippen LogP contribution in [0.3, 0.4) is 0 Å². The van der Waals surface area contributed by atoms with Gasteiger partial charge in [-0.1, -0.05) is 6.07 Å². The van der Waals surface area contributed by atoms with Crippen LogP contribution < -0.4 is 10.7 Å². The molecule has 7 nitrogen and oxygen atoms in total. The predicted molar refractivity (Wildman–Crippen MR) is 118 cm³/mol. The highest BCUT2D eigenvalue weighted by atomic mass is 16.4. The maximum Gasteiger partial charge on any atom is 0.356 e. The number of anilines is 1. The molecule has 156 valence electrons. The molecule has 0 fully saturated rings. The Bertz CT molecular complexity index is 1350. The molecule has 0 aliphatic heterocycles. The molecule has 0 saturated heterocycles. The fourth-order valence-electron chi connectivity index (χ4n) is 3.66. The lowest BCUT2D eigenvalue weighted by atomic mass is 9.99. The van der Waals surface area contributed by atoms with Gasteiger partial charge in [-0.2, -0.15) is 0 Å². The summed E-state index contributed by atoms with van der Waals surface area (Å²) < 4.78 is 6.27. The van der Waals surface area contributed by atoms with Crippen molar-refractivity contribution in [1.29, 1.82) is 0 Å². The molecule has 0 aliphatic rings. The zero-order chi connectivity index (χ0) is 22.1. The second-order valence-electron chi connectivity index (χ2n) is 7.43. The van der Waals surface area contributed by atoms with Crippen molar-refractivity contribution in [2.45, 2.75) is 26.8 Å². The minimum absolute atomic E-state index is 0.0698. The first-order chi connectivity index (χ1) is 14.9. The number of aromatic nitrogens is 2. The SMILES string of the molecule is Cc1cc([C@@H](C)Nc2cccnc2C(=O)O)c2oc(-c3cccnc3)c(C)c(=O)c2c1. The second-order valence-corrected chi connectivity index (χ2v) is 7.43. The number of nitrogens with zero attached hydrogens (tertiary/aromatic N) is 2. The molecule has 4 rings (SSSR count). The molecule has 0 radical (unpaired) electrons. The Morgan fingerprint density at radius 3 is 2.65 bits per heavy atom. The molecule has 7 heteroatoms. The lowest BCUT2D eigenvalue weighted by Crippen LogP contribution is -2.14. The predicted octanol–water partition coefficient (Wildman–Crippen LogP) is 4.74. The molecule has 1 atom stereocenters. The molecule has 4 aromatic rings. The van der Waals surface area contributed by atoms with Crippen molar-refractivity contribution in [2.24, 2.45) is 0 Å². The van der Waals surface area contributed by atoms with Crippen LogP contribution in [0, 0.1) is 13.8 Å². The number of hydrogen-bond acceptors (Lipinski definition) is 6. The Balaban J connectivity index is 1.89. The van der Waals surface area contributed by atoms with Gasteiger partial charge < -0.3 is 14.8 Å². The van der Waals surface area contributed by atoms with Crippen molar-refractivity contribution in [3.8, 4) is 11.3 Å². The van der Waals surface area contributed by atoms with Gasteiger partial charge in [-0.25, -0.2) is 9.78 Å². The number of benzene rings is 1. The molecule has 0 unspecified atom stereocenters. The number of carboxylic acid groups (broad SMARTS) is 1. The standard InChI is InChI=1S/C24H21N3O4/c1-13-10-17(15(3)27-19-7-5-9-26-20(19)24(29)30)23-18(11-13)21(28)14(2)22(31-23)16-6-4-8-25-12-16/h4-12,15,27H,1-3H3,(H,29,30)/t15-/m1/s1. The van der Waals surface area contributed by atoms with Gasteiger partial charge in [-0.05, 0) is 56.7 Å². The Labute approximate surface area is 178 Å². The minimum Gasteiger partial charge on any atom is -0.476 e. The van der Waals surface area contributed by atoms with Crippen LogP contribution in [0.1, 0.15) is 40.1 Å². The van der Waals surface area contributed by atoms with Gasteiger partial charge in [0.25, 0.3) is 0 Å². The number of aryl methyl sites for hydroxylation is 1. The summed E-state index contributed by atoms with van der Waals surface area (Å²) in [6.07, 6.45) is 4.75. The molecule has 0 spiro atoms. The summed E-state index contributed by atoms with van der Waals surface area (Å²) in [5.41, 5.74) is 3.55. The van der Waals surface area contributed by atoms with Crippen molar-refractivity contribution in [1.82, 2.24) is 9.97 Å². The molecule has 3 aromatic heterocycles. The molecular weight excluding hydrogens is 394 g/mol. The molecular formula is C24H21N3O4. The smallest absolute Gasteiger partial charge is 0.356 e. The van der Waals surface area contributed by atoms with E-state index in [4.69, 9.17) is 4.42 Å². The maximum atomic E-state index is 13.2. The number of rotatable bonds is 5. The molecule has 0 saturated carbocycles. The molecule has 0 aliphatic carbocycles. The average molecular weight is 415 g/mol. The molecule has 1 aromatic carbocycles. The fourth-order valence-corrected chi connectivity index (χ4v) is 3.66. The molecule has 2 N–H and O–H groups in total. The molecule has 31 heavy (non-hydrogen) atoms. The maximum absolute atomic E-state index is 13.2. The highest BCUT2D eigenvalue weighted by Crippen LogP contribution is 2.32. The van der Waals surface area contributed by atoms with Gasteiger partial charge in [0.05, 0.1) is 17.1 Å². The monoisotopic (exact) mass is 415 g/mol. The van der Waals surface area contributed by atoms with E-state index in [0.717, 1.165) is 11.1 Å². The van der Waals surface area contributed by atoms with E-state index >= 15 is 0 Å². The van der Waals surface area contributed by atoms with Crippen molar-refractivity contribution >= 4 is 22.6 Å². The van der Waals surface area contributed by atoms with E-state index in [9.17, 15) is 14.7 Å². The van der Waals surface area contributed by atoms with Crippen LogP contribution in [0.2, 0.25) is 0 Å². The first kappa shape index (κ1) is 20.3. The van der Waals surface area contributed by atoms with Crippen LogP contribution in [0.4, 0.5) is 5.69 Å². The number of pyridine rings is 2. The number of aromatic carboxylic acids is 1. The first-order valence-electron chi connectivity index (χ1n) is 9.80. The summed E-state index contributed by atoms with van der Waals surface area (Å²) in [5.74, 6) is -0.652. The van der Waals surface area contributed by atoms with Gasteiger partial charge in [-0.3, -0.25) is 9.78 Å². The Morgan fingerprint density at radius 2 is 1.94 bits per heavy atom. The number of fused-ring (bicyclic) bond motifs is 1. The second kappa shape index (κ2) is 8.02. The van der Waals surface area contributed by atoms with Gasteiger partial charge in [-0.15, -0.1) is 0 Å². The number of carboxylic acids is 1. The molecule has 0 amide bonds. The van der Waals surface area contributed by atoms with Gasteiger partial charge >= 0.3 is 5.97 Å². The normalized spacial score (nSPS) is 12.0. The van der Waals surface area contributed by atoms with E-state index in [1.165, 1.54) is 6.20 Å². The van der Waals surface area contributed by atoms with E-state index in [1.807, 2.05) is 32.0 Å². The Kier molecular flexibility index (Phi) is 5.25. The zero-order valence-electron chi connectivity index (χ0n) is 17.3. The fraction of sp³-hybridized carbons (Fsp3) is 0.167. The third-order valence-corrected chi connectivity index (χ3v) is 5.16. The summed E-state index contributed by atoms with van der Waals surface area (Å²) >= 11 is 0. The quantitative estimate of drug-likeness (QED) is 0.485. The van der Waals surface area contributed by atoms with E-state index in [0.29, 0.717) is 33.5 Å². The number of hydrogen-bond donors (Lipinski definition) is 2. The highest BCUT2D eigenvalue weighted by molar-refractivity contribution is 5.92. The van der Waals surface area contributed by atoms with E-state index < -0.39 is 5.97 Å². The van der Waals surface area contributed by atoms with Crippen molar-refractivity contribution < 1.29 is 14.3 Å². The van der Waals surface area contributed by atoms with Gasteiger partial charge in [0.15, 0.2) is 11.1 Å². The first-order valence-corrected chi connectivity index (χ1v) is 9.80. The Morgan fingerprint density at radius 1 is 1.16 bits per heavy atom. The summed E-state index contributed by atoms with van der Waals surface area (Å²) in [6.45, 7) is 5.54. The summed E-state index contributed by atoms with van der Waals surface area (Å²) in [6, 6.07) is 10.3. The third-order valence-electron chi connectivity index (χ3n) is 5.16. The van der Waals surface area contributed by atoms with Crippen LogP contribution in [0.25, 0.3) is 22.3 Å². The van der Waals surface area contributed by atoms with Crippen LogP contribution >= 0.6 is 0 Å². The third kappa shape index (κ3) is 3.77. The van der Waals surface area contributed by atoms with Crippen LogP contribution in [0.15, 0.2) is 64.2 Å². The van der Waals surface area contributed by atoms with Gasteiger partial charge in [0, 0.05) is 35.3 Å². The number of nitrogens with one attached hydrogen (secondary N) is 1.